The van der Waals surface area contributed by atoms with Gasteiger partial charge in [-0.2, -0.15) is 0 Å². The molecule has 96 valence electrons. The van der Waals surface area contributed by atoms with E-state index in [1.54, 1.807) is 13.3 Å². The minimum absolute atomic E-state index is 0.255. The molecular formula is C12H20ClN3O. The molecule has 5 heteroatoms. The van der Waals surface area contributed by atoms with Gasteiger partial charge in [0.15, 0.2) is 0 Å². The van der Waals surface area contributed by atoms with Crippen LogP contribution in [-0.2, 0) is 4.74 Å². The highest BCUT2D eigenvalue weighted by molar-refractivity contribution is 6.30. The maximum Gasteiger partial charge on any atom is 0.132 e. The molecule has 1 atom stereocenters. The second-order valence-corrected chi connectivity index (χ2v) is 4.42. The van der Waals surface area contributed by atoms with Crippen LogP contribution < -0.4 is 11.1 Å². The fourth-order valence-electron chi connectivity index (χ4n) is 1.64. The number of hydrogen-bond donors (Lipinski definition) is 2. The van der Waals surface area contributed by atoms with Crippen LogP contribution in [0.25, 0.3) is 0 Å². The molecule has 0 bridgehead atoms. The number of nitrogens with one attached hydrogen (secondary N) is 1. The second kappa shape index (κ2) is 7.48. The van der Waals surface area contributed by atoms with Crippen molar-refractivity contribution in [1.29, 1.82) is 0 Å². The van der Waals surface area contributed by atoms with Crippen molar-refractivity contribution in [1.82, 2.24) is 4.98 Å². The molecule has 0 fully saturated rings. The molecule has 1 unspecified atom stereocenters. The summed E-state index contributed by atoms with van der Waals surface area (Å²) in [5.74, 6) is 0. The first-order chi connectivity index (χ1) is 8.17. The Kier molecular flexibility index (Phi) is 6.26. The summed E-state index contributed by atoms with van der Waals surface area (Å²) in [5.41, 5.74) is 7.44. The topological polar surface area (TPSA) is 60.2 Å². The van der Waals surface area contributed by atoms with E-state index >= 15 is 0 Å². The van der Waals surface area contributed by atoms with Crippen LogP contribution in [0.3, 0.4) is 0 Å². The summed E-state index contributed by atoms with van der Waals surface area (Å²) in [6.07, 6.45) is 3.69. The number of aryl methyl sites for hydroxylation is 1. The van der Waals surface area contributed by atoms with Crippen molar-refractivity contribution in [2.24, 2.45) is 5.73 Å². The Morgan fingerprint density at radius 3 is 2.94 bits per heavy atom. The Morgan fingerprint density at radius 2 is 2.35 bits per heavy atom. The van der Waals surface area contributed by atoms with Crippen molar-refractivity contribution in [2.45, 2.75) is 25.8 Å². The molecule has 0 amide bonds. The molecule has 1 aromatic rings. The highest BCUT2D eigenvalue weighted by Crippen LogP contribution is 2.17. The van der Waals surface area contributed by atoms with Crippen LogP contribution in [-0.4, -0.2) is 31.3 Å². The third kappa shape index (κ3) is 4.89. The summed E-state index contributed by atoms with van der Waals surface area (Å²) in [5, 5.41) is 3.92. The minimum Gasteiger partial charge on any atom is -0.383 e. The molecule has 0 aromatic carbocycles. The van der Waals surface area contributed by atoms with E-state index in [1.165, 1.54) is 0 Å². The number of aromatic nitrogens is 1. The van der Waals surface area contributed by atoms with Crippen molar-refractivity contribution in [3.8, 4) is 0 Å². The second-order valence-electron chi connectivity index (χ2n) is 4.06. The molecule has 0 spiro atoms. The van der Waals surface area contributed by atoms with E-state index in [9.17, 15) is 0 Å². The van der Waals surface area contributed by atoms with Crippen molar-refractivity contribution < 1.29 is 4.74 Å². The monoisotopic (exact) mass is 257 g/mol. The highest BCUT2D eigenvalue weighted by Gasteiger charge is 2.08. The van der Waals surface area contributed by atoms with Gasteiger partial charge in [-0.15, -0.1) is 0 Å². The Morgan fingerprint density at radius 1 is 1.59 bits per heavy atom. The van der Waals surface area contributed by atoms with Gasteiger partial charge in [0.05, 0.1) is 18.5 Å². The molecule has 0 saturated heterocycles. The van der Waals surface area contributed by atoms with E-state index < -0.39 is 0 Å². The van der Waals surface area contributed by atoms with Gasteiger partial charge in [-0.05, 0) is 37.9 Å². The van der Waals surface area contributed by atoms with Crippen LogP contribution in [0, 0.1) is 6.92 Å². The van der Waals surface area contributed by atoms with Crippen LogP contribution in [0.2, 0.25) is 5.15 Å². The zero-order chi connectivity index (χ0) is 12.7. The van der Waals surface area contributed by atoms with Gasteiger partial charge in [-0.1, -0.05) is 11.6 Å². The van der Waals surface area contributed by atoms with Gasteiger partial charge < -0.3 is 15.8 Å². The number of nitrogens with two attached hydrogens (primary N) is 1. The first-order valence-corrected chi connectivity index (χ1v) is 6.13. The number of anilines is 1. The van der Waals surface area contributed by atoms with E-state index in [0.717, 1.165) is 24.1 Å². The van der Waals surface area contributed by atoms with Crippen LogP contribution >= 0.6 is 11.6 Å². The lowest BCUT2D eigenvalue weighted by atomic mass is 10.1. The number of rotatable bonds is 7. The van der Waals surface area contributed by atoms with Crippen LogP contribution in [0.5, 0.6) is 0 Å². The van der Waals surface area contributed by atoms with Crippen molar-refractivity contribution in [3.05, 3.63) is 23.0 Å². The molecular weight excluding hydrogens is 238 g/mol. The van der Waals surface area contributed by atoms with Crippen LogP contribution in [0.15, 0.2) is 12.3 Å². The lowest BCUT2D eigenvalue weighted by Crippen LogP contribution is -2.26. The summed E-state index contributed by atoms with van der Waals surface area (Å²) in [6.45, 7) is 3.28. The first-order valence-electron chi connectivity index (χ1n) is 5.75. The lowest BCUT2D eigenvalue weighted by Gasteiger charge is -2.19. The number of hydrogen-bond acceptors (Lipinski definition) is 4. The molecule has 0 radical (unpaired) electrons. The van der Waals surface area contributed by atoms with Crippen LogP contribution in [0.1, 0.15) is 18.4 Å². The maximum atomic E-state index is 5.88. The molecule has 1 heterocycles. The van der Waals surface area contributed by atoms with Gasteiger partial charge in [0.25, 0.3) is 0 Å². The zero-order valence-electron chi connectivity index (χ0n) is 10.4. The van der Waals surface area contributed by atoms with E-state index in [0.29, 0.717) is 18.3 Å². The first kappa shape index (κ1) is 14.2. The van der Waals surface area contributed by atoms with Gasteiger partial charge in [0.1, 0.15) is 5.15 Å². The Hall–Kier alpha value is -0.840. The molecule has 0 aliphatic carbocycles. The summed E-state index contributed by atoms with van der Waals surface area (Å²) < 4.78 is 5.18. The van der Waals surface area contributed by atoms with Crippen molar-refractivity contribution in [2.75, 3.05) is 25.6 Å². The largest absolute Gasteiger partial charge is 0.383 e. The van der Waals surface area contributed by atoms with E-state index in [-0.39, 0.29) is 6.04 Å². The average molecular weight is 258 g/mol. The van der Waals surface area contributed by atoms with E-state index in [4.69, 9.17) is 22.1 Å². The zero-order valence-corrected chi connectivity index (χ0v) is 11.1. The van der Waals surface area contributed by atoms with Gasteiger partial charge in [-0.25, -0.2) is 4.98 Å². The Labute approximate surface area is 108 Å². The van der Waals surface area contributed by atoms with Gasteiger partial charge in [0, 0.05) is 13.2 Å². The Balaban J connectivity index is 2.61. The molecule has 0 aliphatic rings. The van der Waals surface area contributed by atoms with E-state index in [2.05, 4.69) is 10.3 Å². The summed E-state index contributed by atoms with van der Waals surface area (Å²) >= 11 is 5.88. The molecule has 1 aromatic heterocycles. The Bertz CT molecular complexity index is 347. The molecule has 17 heavy (non-hydrogen) atoms. The molecule has 0 aliphatic heterocycles. The molecule has 1 rings (SSSR count). The SMILES string of the molecule is COCC(CCCN)Nc1cnc(Cl)c(C)c1. The van der Waals surface area contributed by atoms with Crippen LogP contribution in [0.4, 0.5) is 5.69 Å². The third-order valence-corrected chi connectivity index (χ3v) is 2.91. The summed E-state index contributed by atoms with van der Waals surface area (Å²) in [7, 11) is 1.70. The van der Waals surface area contributed by atoms with Crippen molar-refractivity contribution >= 4 is 17.3 Å². The number of pyridine rings is 1. The summed E-state index contributed by atoms with van der Waals surface area (Å²) in [6, 6.07) is 2.24. The minimum atomic E-state index is 0.255. The van der Waals surface area contributed by atoms with Crippen molar-refractivity contribution in [3.63, 3.8) is 0 Å². The van der Waals surface area contributed by atoms with Gasteiger partial charge in [0.2, 0.25) is 0 Å². The van der Waals surface area contributed by atoms with Gasteiger partial charge >= 0.3 is 0 Å². The maximum absolute atomic E-state index is 5.88. The number of methoxy groups -OCH3 is 1. The number of halogens is 1. The van der Waals surface area contributed by atoms with Gasteiger partial charge in [-0.3, -0.25) is 0 Å². The molecule has 3 N–H and O–H groups in total. The molecule has 0 saturated carbocycles. The lowest BCUT2D eigenvalue weighted by molar-refractivity contribution is 0.182. The predicted octanol–water partition coefficient (Wildman–Crippen LogP) is 2.21. The quantitative estimate of drug-likeness (QED) is 0.736. The van der Waals surface area contributed by atoms with E-state index in [1.807, 2.05) is 13.0 Å². The standard InChI is InChI=1S/C12H20ClN3O/c1-9-6-11(7-15-12(9)13)16-10(8-17-2)4-3-5-14/h6-7,10,16H,3-5,8,14H2,1-2H3. The average Bonchev–Trinajstić information content (AvgIpc) is 2.31. The number of ether oxygens (including phenoxy) is 1. The fourth-order valence-corrected chi connectivity index (χ4v) is 1.74. The highest BCUT2D eigenvalue weighted by atomic mass is 35.5. The summed E-state index contributed by atoms with van der Waals surface area (Å²) in [4.78, 5) is 4.11. The molecule has 4 nitrogen and oxygen atoms in total. The fraction of sp³-hybridized carbons (Fsp3) is 0.583. The number of nitrogens with zero attached hydrogens (tertiary/aromatic N) is 1. The smallest absolute Gasteiger partial charge is 0.132 e. The normalized spacial score (nSPS) is 12.5. The predicted molar refractivity (Wildman–Crippen MR) is 71.6 cm³/mol. The third-order valence-electron chi connectivity index (χ3n) is 2.51.